The molecule has 0 saturated carbocycles. The number of carbonyl (C=O) groups excluding carboxylic acids is 2. The minimum Gasteiger partial charge on any atom is -0.465 e. The Morgan fingerprint density at radius 3 is 2.61 bits per heavy atom. The number of carbonyl (C=O) groups is 2. The summed E-state index contributed by atoms with van der Waals surface area (Å²) in [5.74, 6) is -0.251. The summed E-state index contributed by atoms with van der Waals surface area (Å²) in [5, 5.41) is 2.74. The van der Waals surface area contributed by atoms with Crippen LogP contribution in [0.25, 0.3) is 0 Å². The van der Waals surface area contributed by atoms with Crippen LogP contribution >= 0.6 is 0 Å². The Labute approximate surface area is 162 Å². The van der Waals surface area contributed by atoms with E-state index in [9.17, 15) is 9.59 Å². The van der Waals surface area contributed by atoms with E-state index < -0.39 is 5.97 Å². The highest BCUT2D eigenvalue weighted by Crippen LogP contribution is 2.31. The number of rotatable bonds is 4. The lowest BCUT2D eigenvalue weighted by Crippen LogP contribution is -2.18. The topological polar surface area (TPSA) is 84.4 Å². The zero-order chi connectivity index (χ0) is 19.5. The van der Waals surface area contributed by atoms with Crippen molar-refractivity contribution >= 4 is 29.2 Å². The number of methoxy groups -OCH3 is 1. The number of aromatic nitrogens is 2. The molecule has 3 aromatic rings. The van der Waals surface area contributed by atoms with Crippen molar-refractivity contribution in [3.8, 4) is 0 Å². The SMILES string of the molecule is COC(=O)c1cccc(NC(=O)c2cnc(N3CCc4ccccc43)nc2)c1. The van der Waals surface area contributed by atoms with Gasteiger partial charge in [-0.15, -0.1) is 0 Å². The lowest BCUT2D eigenvalue weighted by molar-refractivity contribution is 0.0600. The van der Waals surface area contributed by atoms with Gasteiger partial charge in [-0.3, -0.25) is 4.79 Å². The monoisotopic (exact) mass is 374 g/mol. The van der Waals surface area contributed by atoms with E-state index in [1.807, 2.05) is 23.1 Å². The van der Waals surface area contributed by atoms with Crippen LogP contribution in [0.2, 0.25) is 0 Å². The summed E-state index contributed by atoms with van der Waals surface area (Å²) < 4.78 is 4.69. The van der Waals surface area contributed by atoms with Gasteiger partial charge >= 0.3 is 5.97 Å². The summed E-state index contributed by atoms with van der Waals surface area (Å²) >= 11 is 0. The molecule has 1 N–H and O–H groups in total. The molecule has 0 fully saturated rings. The average Bonchev–Trinajstić information content (AvgIpc) is 3.17. The molecule has 0 saturated heterocycles. The molecular formula is C21H18N4O3. The lowest BCUT2D eigenvalue weighted by Gasteiger charge is -2.17. The smallest absolute Gasteiger partial charge is 0.337 e. The van der Waals surface area contributed by atoms with E-state index >= 15 is 0 Å². The van der Waals surface area contributed by atoms with Crippen LogP contribution in [-0.4, -0.2) is 35.5 Å². The molecule has 1 aromatic heterocycles. The van der Waals surface area contributed by atoms with Crippen LogP contribution in [0.4, 0.5) is 17.3 Å². The molecular weight excluding hydrogens is 356 g/mol. The Balaban J connectivity index is 1.49. The fourth-order valence-corrected chi connectivity index (χ4v) is 3.17. The van der Waals surface area contributed by atoms with Crippen LogP contribution in [0.5, 0.6) is 0 Å². The first-order valence-electron chi connectivity index (χ1n) is 8.83. The van der Waals surface area contributed by atoms with Crippen molar-refractivity contribution in [2.45, 2.75) is 6.42 Å². The van der Waals surface area contributed by atoms with E-state index in [0.717, 1.165) is 18.7 Å². The van der Waals surface area contributed by atoms with Gasteiger partial charge in [-0.25, -0.2) is 14.8 Å². The van der Waals surface area contributed by atoms with Crippen molar-refractivity contribution < 1.29 is 14.3 Å². The van der Waals surface area contributed by atoms with Crippen molar-refractivity contribution in [3.63, 3.8) is 0 Å². The quantitative estimate of drug-likeness (QED) is 0.706. The van der Waals surface area contributed by atoms with Crippen molar-refractivity contribution in [1.82, 2.24) is 9.97 Å². The Bertz CT molecular complexity index is 1030. The molecule has 1 aliphatic rings. The zero-order valence-electron chi connectivity index (χ0n) is 15.3. The number of nitrogens with one attached hydrogen (secondary N) is 1. The summed E-state index contributed by atoms with van der Waals surface area (Å²) in [6.45, 7) is 0.811. The summed E-state index contributed by atoms with van der Waals surface area (Å²) in [6, 6.07) is 14.7. The maximum Gasteiger partial charge on any atom is 0.337 e. The molecule has 0 bridgehead atoms. The van der Waals surface area contributed by atoms with E-state index in [1.165, 1.54) is 25.1 Å². The van der Waals surface area contributed by atoms with Gasteiger partial charge in [0.2, 0.25) is 5.95 Å². The van der Waals surface area contributed by atoms with Crippen LogP contribution in [-0.2, 0) is 11.2 Å². The highest BCUT2D eigenvalue weighted by Gasteiger charge is 2.22. The molecule has 0 atom stereocenters. The first-order valence-corrected chi connectivity index (χ1v) is 8.83. The third-order valence-electron chi connectivity index (χ3n) is 4.57. The molecule has 28 heavy (non-hydrogen) atoms. The van der Waals surface area contributed by atoms with Crippen molar-refractivity contribution in [2.24, 2.45) is 0 Å². The number of ether oxygens (including phenoxy) is 1. The van der Waals surface area contributed by atoms with Gasteiger partial charge in [0.05, 0.1) is 18.2 Å². The highest BCUT2D eigenvalue weighted by molar-refractivity contribution is 6.04. The third kappa shape index (κ3) is 3.42. The van der Waals surface area contributed by atoms with Gasteiger partial charge in [-0.1, -0.05) is 24.3 Å². The molecule has 2 aromatic carbocycles. The third-order valence-corrected chi connectivity index (χ3v) is 4.57. The Kier molecular flexibility index (Phi) is 4.72. The molecule has 1 amide bonds. The highest BCUT2D eigenvalue weighted by atomic mass is 16.5. The van der Waals surface area contributed by atoms with Crippen LogP contribution in [0, 0.1) is 0 Å². The number of hydrogen-bond acceptors (Lipinski definition) is 6. The van der Waals surface area contributed by atoms with Crippen molar-refractivity contribution in [1.29, 1.82) is 0 Å². The van der Waals surface area contributed by atoms with Crippen LogP contribution < -0.4 is 10.2 Å². The fourth-order valence-electron chi connectivity index (χ4n) is 3.17. The van der Waals surface area contributed by atoms with E-state index in [1.54, 1.807) is 24.3 Å². The lowest BCUT2D eigenvalue weighted by atomic mass is 10.2. The molecule has 0 radical (unpaired) electrons. The first kappa shape index (κ1) is 17.7. The van der Waals surface area contributed by atoms with E-state index in [-0.39, 0.29) is 5.91 Å². The van der Waals surface area contributed by atoms with E-state index in [0.29, 0.717) is 22.8 Å². The maximum absolute atomic E-state index is 12.5. The standard InChI is InChI=1S/C21H18N4O3/c1-28-20(27)15-6-4-7-17(11-15)24-19(26)16-12-22-21(23-13-16)25-10-9-14-5-2-3-8-18(14)25/h2-8,11-13H,9-10H2,1H3,(H,24,26). The van der Waals surface area contributed by atoms with E-state index in [2.05, 4.69) is 21.4 Å². The molecule has 0 aliphatic carbocycles. The molecule has 2 heterocycles. The van der Waals surface area contributed by atoms with Gasteiger partial charge in [0.25, 0.3) is 5.91 Å². The number of fused-ring (bicyclic) bond motifs is 1. The molecule has 1 aliphatic heterocycles. The van der Waals surface area contributed by atoms with Crippen molar-refractivity contribution in [2.75, 3.05) is 23.9 Å². The molecule has 140 valence electrons. The Morgan fingerprint density at radius 1 is 1.04 bits per heavy atom. The van der Waals surface area contributed by atoms with Crippen LogP contribution in [0.1, 0.15) is 26.3 Å². The number of para-hydroxylation sites is 1. The zero-order valence-corrected chi connectivity index (χ0v) is 15.3. The Hall–Kier alpha value is -3.74. The number of nitrogens with zero attached hydrogens (tertiary/aromatic N) is 3. The molecule has 0 unspecified atom stereocenters. The van der Waals surface area contributed by atoms with Gasteiger partial charge in [0.15, 0.2) is 0 Å². The summed E-state index contributed by atoms with van der Waals surface area (Å²) in [6.07, 6.45) is 3.95. The number of esters is 1. The predicted octanol–water partition coefficient (Wildman–Crippen LogP) is 3.21. The van der Waals surface area contributed by atoms with Gasteiger partial charge < -0.3 is 15.0 Å². The average molecular weight is 374 g/mol. The number of amides is 1. The van der Waals surface area contributed by atoms with Crippen molar-refractivity contribution in [3.05, 3.63) is 77.6 Å². The van der Waals surface area contributed by atoms with E-state index in [4.69, 9.17) is 4.74 Å². The largest absolute Gasteiger partial charge is 0.465 e. The second kappa shape index (κ2) is 7.48. The Morgan fingerprint density at radius 2 is 1.82 bits per heavy atom. The summed E-state index contributed by atoms with van der Waals surface area (Å²) in [7, 11) is 1.31. The predicted molar refractivity (Wildman–Crippen MR) is 105 cm³/mol. The molecule has 4 rings (SSSR count). The maximum atomic E-state index is 12.5. The summed E-state index contributed by atoms with van der Waals surface area (Å²) in [5.41, 5.74) is 3.54. The number of anilines is 3. The number of hydrogen-bond donors (Lipinski definition) is 1. The first-order chi connectivity index (χ1) is 13.7. The second-order valence-corrected chi connectivity index (χ2v) is 6.33. The molecule has 0 spiro atoms. The fraction of sp³-hybridized carbons (Fsp3) is 0.143. The minimum atomic E-state index is -0.463. The van der Waals surface area contributed by atoms with Gasteiger partial charge in [0, 0.05) is 30.3 Å². The van der Waals surface area contributed by atoms with Crippen LogP contribution in [0.3, 0.4) is 0 Å². The van der Waals surface area contributed by atoms with Gasteiger partial charge in [-0.05, 0) is 36.2 Å². The minimum absolute atomic E-state index is 0.333. The van der Waals surface area contributed by atoms with Crippen LogP contribution in [0.15, 0.2) is 60.9 Å². The molecule has 7 nitrogen and oxygen atoms in total. The number of benzene rings is 2. The van der Waals surface area contributed by atoms with Gasteiger partial charge in [0.1, 0.15) is 0 Å². The second-order valence-electron chi connectivity index (χ2n) is 6.33. The summed E-state index contributed by atoms with van der Waals surface area (Å²) in [4.78, 5) is 34.8. The molecule has 7 heteroatoms. The normalized spacial score (nSPS) is 12.4. The van der Waals surface area contributed by atoms with Gasteiger partial charge in [-0.2, -0.15) is 0 Å².